The van der Waals surface area contributed by atoms with E-state index in [-0.39, 0.29) is 17.4 Å². The Labute approximate surface area is 155 Å². The molecule has 0 saturated carbocycles. The minimum absolute atomic E-state index is 0.00984. The number of piperidine rings is 1. The van der Waals surface area contributed by atoms with Crippen molar-refractivity contribution in [1.29, 1.82) is 0 Å². The summed E-state index contributed by atoms with van der Waals surface area (Å²) in [6.45, 7) is 1.36. The van der Waals surface area contributed by atoms with E-state index in [1.54, 1.807) is 15.3 Å². The van der Waals surface area contributed by atoms with Crippen molar-refractivity contribution in [2.45, 2.75) is 18.9 Å². The zero-order valence-corrected chi connectivity index (χ0v) is 14.6. The monoisotopic (exact) mass is 365 g/mol. The maximum Gasteiger partial charge on any atom is 0.333 e. The van der Waals surface area contributed by atoms with Gasteiger partial charge in [0.05, 0.1) is 17.9 Å². The lowest BCUT2D eigenvalue weighted by Gasteiger charge is -2.32. The van der Waals surface area contributed by atoms with Gasteiger partial charge in [-0.3, -0.25) is 13.9 Å². The fourth-order valence-electron chi connectivity index (χ4n) is 3.34. The molecule has 1 aliphatic heterocycles. The first-order valence-electron chi connectivity index (χ1n) is 8.73. The van der Waals surface area contributed by atoms with Crippen LogP contribution < -0.4 is 16.3 Å². The first-order chi connectivity index (χ1) is 13.1. The molecule has 1 aliphatic rings. The van der Waals surface area contributed by atoms with Crippen molar-refractivity contribution in [3.63, 3.8) is 0 Å². The number of nitrogens with zero attached hydrogens (tertiary/aromatic N) is 6. The van der Waals surface area contributed by atoms with Crippen LogP contribution in [-0.4, -0.2) is 43.3 Å². The standard InChI is InChI=1S/C18H19N7O2/c19-16(26)15-11-20-17(22-21-15)23-8-4-7-14(12-23)25-10-9-24(18(25)27)13-5-2-1-3-6-13/h1-3,5-6,9-11,14H,4,7-8,12H2,(H2,19,26). The van der Waals surface area contributed by atoms with Gasteiger partial charge in [-0.05, 0) is 25.0 Å². The maximum absolute atomic E-state index is 12.8. The zero-order valence-electron chi connectivity index (χ0n) is 14.6. The van der Waals surface area contributed by atoms with E-state index < -0.39 is 5.91 Å². The Bertz CT molecular complexity index is 995. The average molecular weight is 365 g/mol. The molecule has 0 aliphatic carbocycles. The van der Waals surface area contributed by atoms with Crippen LogP contribution in [0, 0.1) is 0 Å². The molecule has 4 rings (SSSR count). The normalized spacial score (nSPS) is 17.0. The van der Waals surface area contributed by atoms with Crippen molar-refractivity contribution >= 4 is 11.9 Å². The maximum atomic E-state index is 12.8. The Kier molecular flexibility index (Phi) is 4.41. The van der Waals surface area contributed by atoms with Crippen LogP contribution in [0.2, 0.25) is 0 Å². The van der Waals surface area contributed by atoms with E-state index in [1.165, 1.54) is 6.20 Å². The molecule has 2 N–H and O–H groups in total. The second-order valence-electron chi connectivity index (χ2n) is 6.44. The van der Waals surface area contributed by atoms with Gasteiger partial charge in [-0.25, -0.2) is 9.78 Å². The number of amides is 1. The Morgan fingerprint density at radius 3 is 2.67 bits per heavy atom. The van der Waals surface area contributed by atoms with E-state index in [1.807, 2.05) is 41.4 Å². The summed E-state index contributed by atoms with van der Waals surface area (Å²) in [6.07, 6.45) is 6.72. The van der Waals surface area contributed by atoms with Crippen LogP contribution in [0.3, 0.4) is 0 Å². The van der Waals surface area contributed by atoms with Gasteiger partial charge in [0.2, 0.25) is 5.95 Å². The number of hydrogen-bond acceptors (Lipinski definition) is 6. The second-order valence-corrected chi connectivity index (χ2v) is 6.44. The zero-order chi connectivity index (χ0) is 18.8. The molecule has 3 heterocycles. The Hall–Kier alpha value is -3.49. The third-order valence-electron chi connectivity index (χ3n) is 4.71. The van der Waals surface area contributed by atoms with Crippen LogP contribution in [0.1, 0.15) is 29.4 Å². The third-order valence-corrected chi connectivity index (χ3v) is 4.71. The number of imidazole rings is 1. The molecule has 1 amide bonds. The molecule has 0 bridgehead atoms. The number of primary amides is 1. The smallest absolute Gasteiger partial charge is 0.333 e. The molecule has 1 atom stereocenters. The van der Waals surface area contributed by atoms with Gasteiger partial charge in [0.1, 0.15) is 0 Å². The quantitative estimate of drug-likeness (QED) is 0.731. The molecule has 0 spiro atoms. The topological polar surface area (TPSA) is 112 Å². The van der Waals surface area contributed by atoms with Gasteiger partial charge in [-0.15, -0.1) is 10.2 Å². The van der Waals surface area contributed by atoms with Crippen LogP contribution >= 0.6 is 0 Å². The number of benzene rings is 1. The Balaban J connectivity index is 1.56. The summed E-state index contributed by atoms with van der Waals surface area (Å²) in [5.74, 6) is -0.230. The summed E-state index contributed by atoms with van der Waals surface area (Å²) < 4.78 is 3.39. The van der Waals surface area contributed by atoms with E-state index in [0.717, 1.165) is 25.1 Å². The number of hydrogen-bond donors (Lipinski definition) is 1. The molecule has 2 aromatic heterocycles. The number of carbonyl (C=O) groups excluding carboxylic acids is 1. The van der Waals surface area contributed by atoms with E-state index >= 15 is 0 Å². The molecule has 3 aromatic rings. The Morgan fingerprint density at radius 1 is 1.15 bits per heavy atom. The van der Waals surface area contributed by atoms with Gasteiger partial charge in [-0.2, -0.15) is 0 Å². The fourth-order valence-corrected chi connectivity index (χ4v) is 3.34. The van der Waals surface area contributed by atoms with Gasteiger partial charge in [0, 0.05) is 25.5 Å². The molecule has 138 valence electrons. The molecule has 1 saturated heterocycles. The largest absolute Gasteiger partial charge is 0.364 e. The van der Waals surface area contributed by atoms with Crippen LogP contribution in [-0.2, 0) is 0 Å². The summed E-state index contributed by atoms with van der Waals surface area (Å²) in [4.78, 5) is 30.1. The van der Waals surface area contributed by atoms with Crippen molar-refractivity contribution in [2.75, 3.05) is 18.0 Å². The van der Waals surface area contributed by atoms with Crippen LogP contribution in [0.25, 0.3) is 5.69 Å². The minimum atomic E-state index is -0.660. The predicted molar refractivity (Wildman–Crippen MR) is 98.9 cm³/mol. The molecule has 9 heteroatoms. The number of nitrogens with two attached hydrogens (primary N) is 1. The summed E-state index contributed by atoms with van der Waals surface area (Å²) in [6, 6.07) is 9.54. The van der Waals surface area contributed by atoms with E-state index in [9.17, 15) is 9.59 Å². The van der Waals surface area contributed by atoms with Crippen molar-refractivity contribution < 1.29 is 4.79 Å². The lowest BCUT2D eigenvalue weighted by atomic mass is 10.1. The predicted octanol–water partition coefficient (Wildman–Crippen LogP) is 0.764. The molecule has 0 radical (unpaired) electrons. The molecule has 9 nitrogen and oxygen atoms in total. The Morgan fingerprint density at radius 2 is 1.96 bits per heavy atom. The van der Waals surface area contributed by atoms with Crippen molar-refractivity contribution in [3.05, 3.63) is 65.1 Å². The molecule has 1 fully saturated rings. The molecule has 1 aromatic carbocycles. The van der Waals surface area contributed by atoms with Gasteiger partial charge in [0.15, 0.2) is 5.69 Å². The first-order valence-corrected chi connectivity index (χ1v) is 8.73. The molecular formula is C18H19N7O2. The number of rotatable bonds is 4. The van der Waals surface area contributed by atoms with Gasteiger partial charge in [-0.1, -0.05) is 18.2 Å². The number of carbonyl (C=O) groups is 1. The number of aromatic nitrogens is 5. The SMILES string of the molecule is NC(=O)c1cnc(N2CCCC(n3ccn(-c4ccccc4)c3=O)C2)nn1. The summed E-state index contributed by atoms with van der Waals surface area (Å²) >= 11 is 0. The summed E-state index contributed by atoms with van der Waals surface area (Å²) in [5.41, 5.74) is 5.97. The van der Waals surface area contributed by atoms with E-state index in [2.05, 4.69) is 15.2 Å². The summed E-state index contributed by atoms with van der Waals surface area (Å²) in [5, 5.41) is 7.81. The lowest BCUT2D eigenvalue weighted by molar-refractivity contribution is 0.0994. The van der Waals surface area contributed by atoms with E-state index in [0.29, 0.717) is 12.5 Å². The number of para-hydroxylation sites is 1. The second kappa shape index (κ2) is 7.02. The highest BCUT2D eigenvalue weighted by molar-refractivity contribution is 5.90. The molecule has 27 heavy (non-hydrogen) atoms. The highest BCUT2D eigenvalue weighted by Crippen LogP contribution is 2.23. The van der Waals surface area contributed by atoms with Crippen molar-refractivity contribution in [2.24, 2.45) is 5.73 Å². The fraction of sp³-hybridized carbons (Fsp3) is 0.278. The van der Waals surface area contributed by atoms with E-state index in [4.69, 9.17) is 5.73 Å². The van der Waals surface area contributed by atoms with Gasteiger partial charge >= 0.3 is 5.69 Å². The minimum Gasteiger partial charge on any atom is -0.364 e. The molecular weight excluding hydrogens is 346 g/mol. The van der Waals surface area contributed by atoms with Crippen LogP contribution in [0.4, 0.5) is 5.95 Å². The lowest BCUT2D eigenvalue weighted by Crippen LogP contribution is -2.40. The van der Waals surface area contributed by atoms with Crippen LogP contribution in [0.15, 0.2) is 53.7 Å². The third kappa shape index (κ3) is 3.31. The first kappa shape index (κ1) is 17.0. The van der Waals surface area contributed by atoms with Crippen LogP contribution in [0.5, 0.6) is 0 Å². The van der Waals surface area contributed by atoms with Gasteiger partial charge < -0.3 is 10.6 Å². The van der Waals surface area contributed by atoms with Crippen molar-refractivity contribution in [3.8, 4) is 5.69 Å². The molecule has 1 unspecified atom stereocenters. The van der Waals surface area contributed by atoms with Crippen molar-refractivity contribution in [1.82, 2.24) is 24.3 Å². The highest BCUT2D eigenvalue weighted by Gasteiger charge is 2.25. The highest BCUT2D eigenvalue weighted by atomic mass is 16.2. The number of anilines is 1. The van der Waals surface area contributed by atoms with Gasteiger partial charge in [0.25, 0.3) is 5.91 Å². The summed E-state index contributed by atoms with van der Waals surface area (Å²) in [7, 11) is 0. The average Bonchev–Trinajstić information content (AvgIpc) is 3.10.